The number of carbonyl (C=O) groups is 3. The zero-order valence-electron chi connectivity index (χ0n) is 14.0. The highest BCUT2D eigenvalue weighted by atomic mass is 32.1. The molecule has 2 aromatic rings. The zero-order chi connectivity index (χ0) is 18.4. The summed E-state index contributed by atoms with van der Waals surface area (Å²) < 4.78 is 5.14. The number of aryl methyl sites for hydroxylation is 1. The Kier molecular flexibility index (Phi) is 6.30. The van der Waals surface area contributed by atoms with Gasteiger partial charge in [0.15, 0.2) is 0 Å². The average molecular weight is 360 g/mol. The van der Waals surface area contributed by atoms with Gasteiger partial charge in [0.25, 0.3) is 0 Å². The summed E-state index contributed by atoms with van der Waals surface area (Å²) in [7, 11) is 0. The Bertz CT molecular complexity index is 782. The van der Waals surface area contributed by atoms with E-state index in [1.54, 1.807) is 6.92 Å². The van der Waals surface area contributed by atoms with Gasteiger partial charge in [-0.15, -0.1) is 11.3 Å². The number of rotatable bonds is 7. The number of thiophene rings is 1. The molecule has 2 rings (SSSR count). The van der Waals surface area contributed by atoms with Crippen molar-refractivity contribution in [1.29, 1.82) is 0 Å². The fourth-order valence-electron chi connectivity index (χ4n) is 2.39. The summed E-state index contributed by atoms with van der Waals surface area (Å²) in [4.78, 5) is 35.8. The van der Waals surface area contributed by atoms with E-state index in [2.05, 4.69) is 5.32 Å². The maximum Gasteiger partial charge on any atom is 0.341 e. The third-order valence-corrected chi connectivity index (χ3v) is 4.46. The Hall–Kier alpha value is -2.67. The number of carbonyl (C=O) groups excluding carboxylic acids is 3. The van der Waals surface area contributed by atoms with Gasteiger partial charge in [-0.2, -0.15) is 0 Å². The van der Waals surface area contributed by atoms with Gasteiger partial charge in [-0.05, 0) is 25.8 Å². The number of nitrogens with one attached hydrogen (secondary N) is 1. The molecule has 6 nitrogen and oxygen atoms in total. The summed E-state index contributed by atoms with van der Waals surface area (Å²) in [5.41, 5.74) is 1.84. The Morgan fingerprint density at radius 1 is 1.16 bits per heavy atom. The summed E-state index contributed by atoms with van der Waals surface area (Å²) in [5, 5.41) is 13.5. The van der Waals surface area contributed by atoms with Crippen LogP contribution in [0.15, 0.2) is 30.3 Å². The van der Waals surface area contributed by atoms with E-state index in [-0.39, 0.29) is 25.0 Å². The van der Waals surface area contributed by atoms with Gasteiger partial charge < -0.3 is 20.0 Å². The third-order valence-electron chi connectivity index (χ3n) is 3.44. The van der Waals surface area contributed by atoms with E-state index < -0.39 is 17.8 Å². The predicted octanol–water partition coefficient (Wildman–Crippen LogP) is 2.37. The van der Waals surface area contributed by atoms with Crippen molar-refractivity contribution in [3.8, 4) is 11.1 Å². The number of anilines is 1. The summed E-state index contributed by atoms with van der Waals surface area (Å²) in [6.07, 6.45) is -0.599. The molecule has 0 aliphatic heterocycles. The van der Waals surface area contributed by atoms with Crippen molar-refractivity contribution in [1.82, 2.24) is 0 Å². The molecule has 7 heteroatoms. The van der Waals surface area contributed by atoms with Crippen molar-refractivity contribution in [3.05, 3.63) is 40.8 Å². The Morgan fingerprint density at radius 3 is 2.44 bits per heavy atom. The minimum absolute atomic E-state index is 0.208. The Morgan fingerprint density at radius 2 is 1.84 bits per heavy atom. The molecule has 0 radical (unpaired) electrons. The van der Waals surface area contributed by atoms with Crippen LogP contribution in [0.1, 0.15) is 35.0 Å². The topological polar surface area (TPSA) is 95.5 Å². The van der Waals surface area contributed by atoms with E-state index in [4.69, 9.17) is 4.74 Å². The summed E-state index contributed by atoms with van der Waals surface area (Å²) in [6, 6.07) is 9.34. The number of ether oxygens (including phenoxy) is 1. The molecule has 1 N–H and O–H groups in total. The van der Waals surface area contributed by atoms with Gasteiger partial charge in [0.2, 0.25) is 5.91 Å². The van der Waals surface area contributed by atoms with Gasteiger partial charge >= 0.3 is 5.97 Å². The number of esters is 1. The molecule has 0 aliphatic carbocycles. The standard InChI is InChI=1S/C18H19NO5S/c1-3-24-18(23)16-15(12-7-5-4-6-8-12)11(2)25-17(16)19-13(20)9-10-14(21)22/h4-8H,3,9-10H2,1-2H3,(H,19,20)(H,21,22)/p-1. The van der Waals surface area contributed by atoms with Crippen molar-refractivity contribution in [2.24, 2.45) is 0 Å². The van der Waals surface area contributed by atoms with E-state index in [9.17, 15) is 19.5 Å². The SMILES string of the molecule is CCOC(=O)c1c(NC(=O)CCC(=O)[O-])sc(C)c1-c1ccccc1. The lowest BCUT2D eigenvalue weighted by Gasteiger charge is -2.09. The molecule has 0 bridgehead atoms. The van der Waals surface area contributed by atoms with E-state index in [0.717, 1.165) is 10.4 Å². The van der Waals surface area contributed by atoms with Gasteiger partial charge in [-0.3, -0.25) is 4.79 Å². The maximum absolute atomic E-state index is 12.4. The van der Waals surface area contributed by atoms with Crippen LogP contribution in [-0.2, 0) is 14.3 Å². The second kappa shape index (κ2) is 8.43. The van der Waals surface area contributed by atoms with Crippen LogP contribution in [0.5, 0.6) is 0 Å². The van der Waals surface area contributed by atoms with Crippen molar-refractivity contribution >= 4 is 34.2 Å². The molecule has 0 atom stereocenters. The van der Waals surface area contributed by atoms with Gasteiger partial charge in [0.1, 0.15) is 10.6 Å². The van der Waals surface area contributed by atoms with Crippen LogP contribution in [0.2, 0.25) is 0 Å². The Balaban J connectivity index is 2.41. The van der Waals surface area contributed by atoms with Crippen LogP contribution in [-0.4, -0.2) is 24.5 Å². The lowest BCUT2D eigenvalue weighted by Crippen LogP contribution is -2.24. The van der Waals surface area contributed by atoms with Crippen LogP contribution in [0.3, 0.4) is 0 Å². The number of carboxylic acid groups (broad SMARTS) is 1. The van der Waals surface area contributed by atoms with Crippen molar-refractivity contribution < 1.29 is 24.2 Å². The molecular formula is C18H18NO5S-. The molecule has 1 aromatic heterocycles. The lowest BCUT2D eigenvalue weighted by atomic mass is 10.0. The number of amides is 1. The second-order valence-electron chi connectivity index (χ2n) is 5.24. The molecule has 0 aliphatic rings. The van der Waals surface area contributed by atoms with Crippen molar-refractivity contribution in [2.45, 2.75) is 26.7 Å². The molecule has 0 saturated heterocycles. The fourth-order valence-corrected chi connectivity index (χ4v) is 3.47. The number of aliphatic carboxylic acids is 1. The van der Waals surface area contributed by atoms with E-state index in [1.807, 2.05) is 37.3 Å². The normalized spacial score (nSPS) is 10.3. The number of carboxylic acids is 1. The summed E-state index contributed by atoms with van der Waals surface area (Å²) in [6.45, 7) is 3.77. The van der Waals surface area contributed by atoms with Gasteiger partial charge in [0, 0.05) is 22.8 Å². The second-order valence-corrected chi connectivity index (χ2v) is 6.47. The third kappa shape index (κ3) is 4.67. The number of hydrogen-bond donors (Lipinski definition) is 1. The summed E-state index contributed by atoms with van der Waals surface area (Å²) in [5.74, 6) is -2.32. The van der Waals surface area contributed by atoms with Crippen LogP contribution >= 0.6 is 11.3 Å². The highest BCUT2D eigenvalue weighted by Gasteiger charge is 2.25. The van der Waals surface area contributed by atoms with Crippen molar-refractivity contribution in [3.63, 3.8) is 0 Å². The molecule has 1 amide bonds. The van der Waals surface area contributed by atoms with Gasteiger partial charge in [0.05, 0.1) is 6.61 Å². The zero-order valence-corrected chi connectivity index (χ0v) is 14.8. The molecule has 0 saturated carbocycles. The van der Waals surface area contributed by atoms with Gasteiger partial charge in [-0.25, -0.2) is 4.79 Å². The van der Waals surface area contributed by atoms with Gasteiger partial charge in [-0.1, -0.05) is 30.3 Å². The predicted molar refractivity (Wildman–Crippen MR) is 93.3 cm³/mol. The van der Waals surface area contributed by atoms with E-state index in [1.165, 1.54) is 11.3 Å². The van der Waals surface area contributed by atoms with Crippen molar-refractivity contribution in [2.75, 3.05) is 11.9 Å². The highest BCUT2D eigenvalue weighted by molar-refractivity contribution is 7.17. The first kappa shape index (κ1) is 18.7. The highest BCUT2D eigenvalue weighted by Crippen LogP contribution is 2.40. The first-order chi connectivity index (χ1) is 11.9. The Labute approximate surface area is 149 Å². The minimum Gasteiger partial charge on any atom is -0.550 e. The largest absolute Gasteiger partial charge is 0.550 e. The van der Waals surface area contributed by atoms with E-state index in [0.29, 0.717) is 10.6 Å². The van der Waals surface area contributed by atoms with Crippen LogP contribution < -0.4 is 10.4 Å². The van der Waals surface area contributed by atoms with Crippen LogP contribution in [0.25, 0.3) is 11.1 Å². The van der Waals surface area contributed by atoms with Crippen LogP contribution in [0, 0.1) is 6.92 Å². The molecule has 0 spiro atoms. The number of benzene rings is 1. The minimum atomic E-state index is -1.30. The molecule has 1 aromatic carbocycles. The monoisotopic (exact) mass is 360 g/mol. The molecule has 1 heterocycles. The average Bonchev–Trinajstić information content (AvgIpc) is 2.90. The smallest absolute Gasteiger partial charge is 0.341 e. The molecule has 25 heavy (non-hydrogen) atoms. The first-order valence-corrected chi connectivity index (χ1v) is 8.61. The molecule has 0 fully saturated rings. The fraction of sp³-hybridized carbons (Fsp3) is 0.278. The quantitative estimate of drug-likeness (QED) is 0.765. The molecule has 132 valence electrons. The van der Waals surface area contributed by atoms with E-state index >= 15 is 0 Å². The summed E-state index contributed by atoms with van der Waals surface area (Å²) >= 11 is 1.26. The maximum atomic E-state index is 12.4. The lowest BCUT2D eigenvalue weighted by molar-refractivity contribution is -0.305. The first-order valence-electron chi connectivity index (χ1n) is 7.79. The molecular weight excluding hydrogens is 342 g/mol. The van der Waals surface area contributed by atoms with Crippen LogP contribution in [0.4, 0.5) is 5.00 Å². The molecule has 0 unspecified atom stereocenters. The number of hydrogen-bond acceptors (Lipinski definition) is 6.